The van der Waals surface area contributed by atoms with Crippen LogP contribution in [-0.2, 0) is 16.2 Å². The first kappa shape index (κ1) is 22.6. The van der Waals surface area contributed by atoms with Crippen molar-refractivity contribution >= 4 is 45.5 Å². The molecule has 3 aromatic rings. The van der Waals surface area contributed by atoms with E-state index in [1.807, 2.05) is 0 Å². The second-order valence-corrected chi connectivity index (χ2v) is 8.51. The largest absolute Gasteiger partial charge is 0.488 e. The minimum atomic E-state index is -0.877. The number of fused-ring (bicyclic) bond motifs is 1. The molecule has 0 unspecified atom stereocenters. The van der Waals surface area contributed by atoms with Crippen molar-refractivity contribution in [1.82, 2.24) is 5.32 Å². The molecule has 0 saturated carbocycles. The van der Waals surface area contributed by atoms with Crippen LogP contribution < -0.4 is 24.4 Å². The lowest BCUT2D eigenvalue weighted by Crippen LogP contribution is -2.54. The van der Waals surface area contributed by atoms with Crippen LogP contribution in [-0.4, -0.2) is 24.6 Å². The Kier molecular flexibility index (Phi) is 5.96. The van der Waals surface area contributed by atoms with E-state index in [0.29, 0.717) is 27.3 Å². The van der Waals surface area contributed by atoms with Gasteiger partial charge in [0.2, 0.25) is 6.79 Å². The van der Waals surface area contributed by atoms with Crippen LogP contribution in [0.4, 0.5) is 14.9 Å². The summed E-state index contributed by atoms with van der Waals surface area (Å²) in [6, 6.07) is 14.7. The lowest BCUT2D eigenvalue weighted by atomic mass is 10.1. The molecule has 0 aromatic heterocycles. The number of carbonyl (C=O) groups is 3. The van der Waals surface area contributed by atoms with Gasteiger partial charge in [-0.05, 0) is 54.1 Å². The fraction of sp³-hybridized carbons (Fsp3) is 0.0800. The topological polar surface area (TPSA) is 94.2 Å². The summed E-state index contributed by atoms with van der Waals surface area (Å²) in [7, 11) is 0. The summed E-state index contributed by atoms with van der Waals surface area (Å²) in [4.78, 5) is 39.3. The van der Waals surface area contributed by atoms with Crippen molar-refractivity contribution in [2.45, 2.75) is 6.61 Å². The van der Waals surface area contributed by atoms with Gasteiger partial charge in [0.05, 0.1) is 5.69 Å². The molecule has 3 aromatic carbocycles. The van der Waals surface area contributed by atoms with Crippen LogP contribution in [0.1, 0.15) is 11.1 Å². The van der Waals surface area contributed by atoms with Gasteiger partial charge in [-0.3, -0.25) is 14.9 Å². The maximum Gasteiger partial charge on any atom is 0.335 e. The number of ether oxygens (including phenoxy) is 3. The first-order valence-electron chi connectivity index (χ1n) is 10.4. The van der Waals surface area contributed by atoms with Gasteiger partial charge in [0.1, 0.15) is 23.7 Å². The summed E-state index contributed by atoms with van der Waals surface area (Å²) in [6.07, 6.45) is 1.36. The number of imide groups is 2. The standard InChI is InChI=1S/C25H16BrFN2O6/c26-16-3-7-20(33-12-14-1-4-17(27)5-2-14)15(9-16)10-19-23(30)28-25(32)29(24(19)31)18-6-8-21-22(11-18)35-13-34-21/h1-11H,12-13H2,(H,28,30,32)/b19-10+. The third-order valence-electron chi connectivity index (χ3n) is 5.30. The summed E-state index contributed by atoms with van der Waals surface area (Å²) >= 11 is 3.38. The fourth-order valence-corrected chi connectivity index (χ4v) is 3.96. The molecule has 0 radical (unpaired) electrons. The number of halogens is 2. The van der Waals surface area contributed by atoms with E-state index in [1.165, 1.54) is 30.3 Å². The van der Waals surface area contributed by atoms with E-state index in [4.69, 9.17) is 14.2 Å². The maximum atomic E-state index is 13.3. The van der Waals surface area contributed by atoms with Crippen LogP contribution in [0, 0.1) is 5.82 Å². The minimum Gasteiger partial charge on any atom is -0.488 e. The third-order valence-corrected chi connectivity index (χ3v) is 5.79. The molecule has 2 heterocycles. The molecule has 2 aliphatic rings. The Morgan fingerprint density at radius 1 is 1.00 bits per heavy atom. The van der Waals surface area contributed by atoms with Gasteiger partial charge in [-0.25, -0.2) is 14.1 Å². The van der Waals surface area contributed by atoms with Crippen LogP contribution in [0.5, 0.6) is 17.2 Å². The Hall–Kier alpha value is -4.18. The van der Waals surface area contributed by atoms with Crippen molar-refractivity contribution in [3.63, 3.8) is 0 Å². The van der Waals surface area contributed by atoms with Crippen molar-refractivity contribution < 1.29 is 33.0 Å². The molecular formula is C25H16BrFN2O6. The summed E-state index contributed by atoms with van der Waals surface area (Å²) in [5.41, 5.74) is 1.13. The molecule has 1 saturated heterocycles. The summed E-state index contributed by atoms with van der Waals surface area (Å²) in [5.74, 6) is -0.733. The highest BCUT2D eigenvalue weighted by Crippen LogP contribution is 2.36. The second kappa shape index (κ2) is 9.22. The molecule has 0 aliphatic carbocycles. The van der Waals surface area contributed by atoms with Crippen LogP contribution in [0.15, 0.2) is 70.7 Å². The smallest absolute Gasteiger partial charge is 0.335 e. The fourth-order valence-electron chi connectivity index (χ4n) is 3.58. The van der Waals surface area contributed by atoms with Crippen LogP contribution in [0.25, 0.3) is 6.08 Å². The van der Waals surface area contributed by atoms with Gasteiger partial charge in [0.15, 0.2) is 11.5 Å². The number of hydrogen-bond acceptors (Lipinski definition) is 6. The quantitative estimate of drug-likeness (QED) is 0.378. The number of anilines is 1. The first-order chi connectivity index (χ1) is 16.9. The van der Waals surface area contributed by atoms with Gasteiger partial charge >= 0.3 is 6.03 Å². The molecule has 5 rings (SSSR count). The Morgan fingerprint density at radius 3 is 2.57 bits per heavy atom. The van der Waals surface area contributed by atoms with Gasteiger partial charge < -0.3 is 14.2 Å². The molecule has 0 bridgehead atoms. The van der Waals surface area contributed by atoms with Gasteiger partial charge in [-0.2, -0.15) is 0 Å². The SMILES string of the molecule is O=C1NC(=O)N(c2ccc3c(c2)OCO3)C(=O)/C1=C/c1cc(Br)ccc1OCc1ccc(F)cc1. The molecule has 1 fully saturated rings. The maximum absolute atomic E-state index is 13.3. The highest BCUT2D eigenvalue weighted by atomic mass is 79.9. The van der Waals surface area contributed by atoms with E-state index in [9.17, 15) is 18.8 Å². The van der Waals surface area contributed by atoms with Crippen molar-refractivity contribution in [3.8, 4) is 17.2 Å². The lowest BCUT2D eigenvalue weighted by Gasteiger charge is -2.26. The van der Waals surface area contributed by atoms with Gasteiger partial charge in [0.25, 0.3) is 11.8 Å². The number of barbiturate groups is 1. The number of nitrogens with one attached hydrogen (secondary N) is 1. The number of rotatable bonds is 5. The Balaban J connectivity index is 1.46. The molecule has 0 spiro atoms. The van der Waals surface area contributed by atoms with Crippen molar-refractivity contribution in [1.29, 1.82) is 0 Å². The van der Waals surface area contributed by atoms with Gasteiger partial charge in [-0.1, -0.05) is 28.1 Å². The lowest BCUT2D eigenvalue weighted by molar-refractivity contribution is -0.122. The Labute approximate surface area is 207 Å². The number of urea groups is 1. The van der Waals surface area contributed by atoms with E-state index in [0.717, 1.165) is 10.5 Å². The Morgan fingerprint density at radius 2 is 1.77 bits per heavy atom. The summed E-state index contributed by atoms with van der Waals surface area (Å²) in [6.45, 7) is 0.173. The minimum absolute atomic E-state index is 0.0339. The van der Waals surface area contributed by atoms with Crippen LogP contribution in [0.2, 0.25) is 0 Å². The van der Waals surface area contributed by atoms with E-state index in [2.05, 4.69) is 21.2 Å². The van der Waals surface area contributed by atoms with Gasteiger partial charge in [-0.15, -0.1) is 0 Å². The average molecular weight is 539 g/mol. The number of nitrogens with zero attached hydrogens (tertiary/aromatic N) is 1. The molecular weight excluding hydrogens is 523 g/mol. The first-order valence-corrected chi connectivity index (χ1v) is 11.2. The third kappa shape index (κ3) is 4.60. The van der Waals surface area contributed by atoms with Crippen molar-refractivity contribution in [2.75, 3.05) is 11.7 Å². The Bertz CT molecular complexity index is 1390. The van der Waals surface area contributed by atoms with E-state index < -0.39 is 17.8 Å². The number of amides is 4. The zero-order chi connectivity index (χ0) is 24.5. The van der Waals surface area contributed by atoms with E-state index >= 15 is 0 Å². The summed E-state index contributed by atoms with van der Waals surface area (Å²) < 4.78 is 30.3. The van der Waals surface area contributed by atoms with Crippen molar-refractivity contribution in [2.24, 2.45) is 0 Å². The highest BCUT2D eigenvalue weighted by Gasteiger charge is 2.37. The van der Waals surface area contributed by atoms with E-state index in [1.54, 1.807) is 36.4 Å². The molecule has 4 amide bonds. The van der Waals surface area contributed by atoms with Crippen LogP contribution in [0.3, 0.4) is 0 Å². The second-order valence-electron chi connectivity index (χ2n) is 7.59. The average Bonchev–Trinajstić information content (AvgIpc) is 3.30. The predicted octanol–water partition coefficient (Wildman–Crippen LogP) is 4.56. The monoisotopic (exact) mass is 538 g/mol. The highest BCUT2D eigenvalue weighted by molar-refractivity contribution is 9.10. The van der Waals surface area contributed by atoms with Crippen LogP contribution >= 0.6 is 15.9 Å². The predicted molar refractivity (Wildman–Crippen MR) is 126 cm³/mol. The normalized spacial score (nSPS) is 16.0. The molecule has 1 N–H and O–H groups in total. The molecule has 35 heavy (non-hydrogen) atoms. The molecule has 8 nitrogen and oxygen atoms in total. The number of hydrogen-bond donors (Lipinski definition) is 1. The number of carbonyl (C=O) groups excluding carboxylic acids is 3. The van der Waals surface area contributed by atoms with Gasteiger partial charge in [0, 0.05) is 16.1 Å². The zero-order valence-corrected chi connectivity index (χ0v) is 19.5. The van der Waals surface area contributed by atoms with Crippen molar-refractivity contribution in [3.05, 3.63) is 87.7 Å². The molecule has 176 valence electrons. The van der Waals surface area contributed by atoms with E-state index in [-0.39, 0.29) is 30.5 Å². The number of benzene rings is 3. The molecule has 10 heteroatoms. The zero-order valence-electron chi connectivity index (χ0n) is 17.9. The molecule has 0 atom stereocenters. The summed E-state index contributed by atoms with van der Waals surface area (Å²) in [5, 5.41) is 2.19. The molecule has 2 aliphatic heterocycles.